The second-order valence-corrected chi connectivity index (χ2v) is 5.15. The summed E-state index contributed by atoms with van der Waals surface area (Å²) >= 11 is 0. The monoisotopic (exact) mass is 243 g/mol. The van der Waals surface area contributed by atoms with Crippen molar-refractivity contribution in [2.45, 2.75) is 38.8 Å². The molecule has 0 saturated heterocycles. The molecule has 0 N–H and O–H groups in total. The molecular formula is C13H16F3N. The van der Waals surface area contributed by atoms with Gasteiger partial charge in [0.15, 0.2) is 0 Å². The molecule has 2 rings (SSSR count). The summed E-state index contributed by atoms with van der Waals surface area (Å²) in [6.07, 6.45) is -0.807. The number of hydrogen-bond donors (Lipinski definition) is 0. The fourth-order valence-corrected chi connectivity index (χ4v) is 2.29. The first-order valence-electron chi connectivity index (χ1n) is 5.91. The third-order valence-electron chi connectivity index (χ3n) is 3.67. The minimum atomic E-state index is -4.33. The molecule has 4 heteroatoms. The van der Waals surface area contributed by atoms with Crippen LogP contribution in [0.3, 0.4) is 0 Å². The Morgan fingerprint density at radius 2 is 1.88 bits per heavy atom. The van der Waals surface area contributed by atoms with Crippen molar-refractivity contribution in [2.24, 2.45) is 11.8 Å². The maximum Gasteiger partial charge on any atom is 0.433 e. The quantitative estimate of drug-likeness (QED) is 0.756. The SMILES string of the molecule is CC(C)C1CC(c2ccc(C(F)(F)F)nc2)C1. The van der Waals surface area contributed by atoms with E-state index >= 15 is 0 Å². The molecule has 1 heterocycles. The van der Waals surface area contributed by atoms with Crippen molar-refractivity contribution in [3.63, 3.8) is 0 Å². The highest BCUT2D eigenvalue weighted by Gasteiger charge is 2.34. The Morgan fingerprint density at radius 1 is 1.24 bits per heavy atom. The molecule has 1 aromatic heterocycles. The van der Waals surface area contributed by atoms with Crippen LogP contribution < -0.4 is 0 Å². The van der Waals surface area contributed by atoms with Gasteiger partial charge in [0.25, 0.3) is 0 Å². The van der Waals surface area contributed by atoms with Crippen molar-refractivity contribution in [1.82, 2.24) is 4.98 Å². The molecule has 17 heavy (non-hydrogen) atoms. The predicted octanol–water partition coefficient (Wildman–Crippen LogP) is 4.25. The molecule has 1 fully saturated rings. The number of alkyl halides is 3. The van der Waals surface area contributed by atoms with Gasteiger partial charge < -0.3 is 0 Å². The van der Waals surface area contributed by atoms with Gasteiger partial charge in [-0.3, -0.25) is 4.98 Å². The number of aromatic nitrogens is 1. The maximum atomic E-state index is 12.3. The van der Waals surface area contributed by atoms with Gasteiger partial charge in [0.1, 0.15) is 5.69 Å². The van der Waals surface area contributed by atoms with Gasteiger partial charge in [-0.1, -0.05) is 19.9 Å². The van der Waals surface area contributed by atoms with Gasteiger partial charge in [0, 0.05) is 6.20 Å². The van der Waals surface area contributed by atoms with Gasteiger partial charge in [-0.15, -0.1) is 0 Å². The molecule has 0 bridgehead atoms. The van der Waals surface area contributed by atoms with Crippen LogP contribution in [0.2, 0.25) is 0 Å². The van der Waals surface area contributed by atoms with Crippen molar-refractivity contribution < 1.29 is 13.2 Å². The minimum absolute atomic E-state index is 0.400. The van der Waals surface area contributed by atoms with E-state index in [2.05, 4.69) is 18.8 Å². The Labute approximate surface area is 99.1 Å². The van der Waals surface area contributed by atoms with Crippen molar-refractivity contribution >= 4 is 0 Å². The second-order valence-electron chi connectivity index (χ2n) is 5.15. The molecule has 1 saturated carbocycles. The topological polar surface area (TPSA) is 12.9 Å². The van der Waals surface area contributed by atoms with E-state index in [1.165, 1.54) is 6.20 Å². The van der Waals surface area contributed by atoms with Crippen molar-refractivity contribution in [1.29, 1.82) is 0 Å². The smallest absolute Gasteiger partial charge is 0.251 e. The lowest BCUT2D eigenvalue weighted by Gasteiger charge is -2.38. The zero-order valence-corrected chi connectivity index (χ0v) is 9.96. The lowest BCUT2D eigenvalue weighted by atomic mass is 9.67. The lowest BCUT2D eigenvalue weighted by Crippen LogP contribution is -2.26. The highest BCUT2D eigenvalue weighted by Crippen LogP contribution is 2.45. The number of pyridine rings is 1. The molecule has 1 nitrogen and oxygen atoms in total. The van der Waals surface area contributed by atoms with E-state index < -0.39 is 11.9 Å². The lowest BCUT2D eigenvalue weighted by molar-refractivity contribution is -0.141. The van der Waals surface area contributed by atoms with Crippen LogP contribution >= 0.6 is 0 Å². The standard InChI is InChI=1S/C13H16F3N/c1-8(2)10-5-11(6-10)9-3-4-12(17-7-9)13(14,15)16/h3-4,7-8,10-11H,5-6H2,1-2H3. The van der Waals surface area contributed by atoms with Crippen LogP contribution in [0.4, 0.5) is 13.2 Å². The Balaban J connectivity index is 2.01. The summed E-state index contributed by atoms with van der Waals surface area (Å²) < 4.78 is 37.0. The van der Waals surface area contributed by atoms with Crippen molar-refractivity contribution in [3.05, 3.63) is 29.6 Å². The van der Waals surface area contributed by atoms with E-state index in [4.69, 9.17) is 0 Å². The number of hydrogen-bond acceptors (Lipinski definition) is 1. The number of halogens is 3. The average molecular weight is 243 g/mol. The molecule has 0 amide bonds. The van der Waals surface area contributed by atoms with Crippen LogP contribution in [0.25, 0.3) is 0 Å². The Hall–Kier alpha value is -1.06. The summed E-state index contributed by atoms with van der Waals surface area (Å²) in [4.78, 5) is 3.50. The van der Waals surface area contributed by atoms with Gasteiger partial charge >= 0.3 is 6.18 Å². The average Bonchev–Trinajstić information content (AvgIpc) is 2.14. The molecule has 0 aromatic carbocycles. The van der Waals surface area contributed by atoms with Gasteiger partial charge in [0.2, 0.25) is 0 Å². The first-order chi connectivity index (χ1) is 7.88. The first-order valence-corrected chi connectivity index (χ1v) is 5.91. The highest BCUT2D eigenvalue weighted by molar-refractivity contribution is 5.22. The van der Waals surface area contributed by atoms with E-state index in [9.17, 15) is 13.2 Å². The van der Waals surface area contributed by atoms with E-state index in [1.807, 2.05) is 0 Å². The number of rotatable bonds is 2. The van der Waals surface area contributed by atoms with E-state index in [1.54, 1.807) is 6.07 Å². The summed E-state index contributed by atoms with van der Waals surface area (Å²) in [5.74, 6) is 1.77. The molecular weight excluding hydrogens is 227 g/mol. The number of nitrogens with zero attached hydrogens (tertiary/aromatic N) is 1. The largest absolute Gasteiger partial charge is 0.433 e. The van der Waals surface area contributed by atoms with Crippen LogP contribution in [0.15, 0.2) is 18.3 Å². The predicted molar refractivity (Wildman–Crippen MR) is 59.5 cm³/mol. The van der Waals surface area contributed by atoms with Gasteiger partial charge in [-0.2, -0.15) is 13.2 Å². The second kappa shape index (κ2) is 4.31. The van der Waals surface area contributed by atoms with E-state index in [0.29, 0.717) is 17.8 Å². The minimum Gasteiger partial charge on any atom is -0.251 e. The summed E-state index contributed by atoms with van der Waals surface area (Å²) in [7, 11) is 0. The zero-order valence-electron chi connectivity index (χ0n) is 9.96. The molecule has 0 unspecified atom stereocenters. The zero-order chi connectivity index (χ0) is 12.6. The third-order valence-corrected chi connectivity index (χ3v) is 3.67. The van der Waals surface area contributed by atoms with E-state index in [-0.39, 0.29) is 0 Å². The van der Waals surface area contributed by atoms with Crippen LogP contribution in [0, 0.1) is 11.8 Å². The van der Waals surface area contributed by atoms with Crippen LogP contribution in [0.1, 0.15) is 43.9 Å². The van der Waals surface area contributed by atoms with Crippen LogP contribution in [0.5, 0.6) is 0 Å². The Kier molecular flexibility index (Phi) is 3.15. The van der Waals surface area contributed by atoms with Crippen molar-refractivity contribution in [2.75, 3.05) is 0 Å². The molecule has 1 aromatic rings. The molecule has 0 spiro atoms. The van der Waals surface area contributed by atoms with Gasteiger partial charge in [-0.05, 0) is 42.2 Å². The summed E-state index contributed by atoms with van der Waals surface area (Å²) in [6, 6.07) is 2.65. The fourth-order valence-electron chi connectivity index (χ4n) is 2.29. The molecule has 0 atom stereocenters. The van der Waals surface area contributed by atoms with Crippen LogP contribution in [-0.4, -0.2) is 4.98 Å². The summed E-state index contributed by atoms with van der Waals surface area (Å²) in [6.45, 7) is 4.37. The third kappa shape index (κ3) is 2.61. The summed E-state index contributed by atoms with van der Waals surface area (Å²) in [5.41, 5.74) is 0.135. The molecule has 1 aliphatic carbocycles. The maximum absolute atomic E-state index is 12.3. The molecule has 1 aliphatic rings. The van der Waals surface area contributed by atoms with Crippen LogP contribution in [-0.2, 0) is 6.18 Å². The Morgan fingerprint density at radius 3 is 2.29 bits per heavy atom. The van der Waals surface area contributed by atoms with Gasteiger partial charge in [0.05, 0.1) is 0 Å². The molecule has 94 valence electrons. The highest BCUT2D eigenvalue weighted by atomic mass is 19.4. The Bertz CT molecular complexity index is 375. The van der Waals surface area contributed by atoms with Crippen molar-refractivity contribution in [3.8, 4) is 0 Å². The van der Waals surface area contributed by atoms with E-state index in [0.717, 1.165) is 24.5 Å². The molecule has 0 aliphatic heterocycles. The van der Waals surface area contributed by atoms with Gasteiger partial charge in [-0.25, -0.2) is 0 Å². The normalized spacial score (nSPS) is 24.8. The summed E-state index contributed by atoms with van der Waals surface area (Å²) in [5, 5.41) is 0. The first kappa shape index (κ1) is 12.4. The fraction of sp³-hybridized carbons (Fsp3) is 0.615. The molecule has 0 radical (unpaired) electrons.